The van der Waals surface area contributed by atoms with Crippen molar-refractivity contribution >= 4 is 33.7 Å². The minimum Gasteiger partial charge on any atom is -0.504 e. The molecule has 6 nitrogen and oxygen atoms in total. The van der Waals surface area contributed by atoms with Crippen LogP contribution in [0.4, 0.5) is 5.69 Å². The number of phenols is 1. The molecule has 0 atom stereocenters. The first-order chi connectivity index (χ1) is 11.5. The summed E-state index contributed by atoms with van der Waals surface area (Å²) in [5.74, 6) is 0.0581. The van der Waals surface area contributed by atoms with Crippen molar-refractivity contribution in [2.24, 2.45) is 5.10 Å². The summed E-state index contributed by atoms with van der Waals surface area (Å²) >= 11 is 3.29. The zero-order chi connectivity index (χ0) is 17.5. The van der Waals surface area contributed by atoms with Crippen molar-refractivity contribution in [2.45, 2.75) is 6.92 Å². The minimum atomic E-state index is -0.274. The molecule has 0 aromatic heterocycles. The van der Waals surface area contributed by atoms with Gasteiger partial charge in [-0.15, -0.1) is 0 Å². The number of benzene rings is 2. The molecule has 0 heterocycles. The van der Waals surface area contributed by atoms with Crippen LogP contribution in [0.2, 0.25) is 0 Å². The smallest absolute Gasteiger partial charge is 0.259 e. The van der Waals surface area contributed by atoms with Gasteiger partial charge >= 0.3 is 0 Å². The fraction of sp³-hybridized carbons (Fsp3) is 0.176. The normalized spacial score (nSPS) is 10.6. The summed E-state index contributed by atoms with van der Waals surface area (Å²) in [6.45, 7) is 2.11. The summed E-state index contributed by atoms with van der Waals surface area (Å²) in [7, 11) is 1.47. The highest BCUT2D eigenvalue weighted by Gasteiger charge is 2.07. The Morgan fingerprint density at radius 2 is 2.04 bits per heavy atom. The number of hydrogen-bond donors (Lipinski definition) is 3. The Bertz CT molecular complexity index is 722. The van der Waals surface area contributed by atoms with Crippen LogP contribution in [0, 0.1) is 6.92 Å². The molecule has 0 saturated carbocycles. The zero-order valence-corrected chi connectivity index (χ0v) is 14.9. The van der Waals surface area contributed by atoms with Gasteiger partial charge in [-0.25, -0.2) is 5.43 Å². The number of nitrogens with zero attached hydrogens (tertiary/aromatic N) is 1. The Hall–Kier alpha value is -2.54. The number of aromatic hydroxyl groups is 1. The van der Waals surface area contributed by atoms with Crippen LogP contribution < -0.4 is 15.5 Å². The summed E-state index contributed by atoms with van der Waals surface area (Å²) in [5, 5.41) is 16.7. The molecule has 0 aliphatic rings. The van der Waals surface area contributed by atoms with Gasteiger partial charge in [0.15, 0.2) is 11.5 Å². The van der Waals surface area contributed by atoms with E-state index in [0.717, 1.165) is 11.3 Å². The van der Waals surface area contributed by atoms with Crippen molar-refractivity contribution < 1.29 is 14.6 Å². The van der Waals surface area contributed by atoms with Gasteiger partial charge in [0.25, 0.3) is 5.91 Å². The fourth-order valence-corrected chi connectivity index (χ4v) is 2.58. The second kappa shape index (κ2) is 8.35. The van der Waals surface area contributed by atoms with E-state index in [4.69, 9.17) is 4.74 Å². The molecule has 24 heavy (non-hydrogen) atoms. The molecule has 0 bridgehead atoms. The highest BCUT2D eigenvalue weighted by molar-refractivity contribution is 9.10. The van der Waals surface area contributed by atoms with Gasteiger partial charge in [-0.3, -0.25) is 4.79 Å². The largest absolute Gasteiger partial charge is 0.504 e. The molecule has 0 fully saturated rings. The number of carbonyl (C=O) groups excluding carboxylic acids is 1. The first kappa shape index (κ1) is 17.8. The van der Waals surface area contributed by atoms with Gasteiger partial charge in [0.1, 0.15) is 0 Å². The molecule has 2 aromatic carbocycles. The number of hydrogen-bond acceptors (Lipinski definition) is 5. The van der Waals surface area contributed by atoms with Crippen LogP contribution in [0.5, 0.6) is 11.5 Å². The molecular formula is C17H18BrN3O3. The van der Waals surface area contributed by atoms with Crippen LogP contribution in [0.15, 0.2) is 46.0 Å². The molecule has 3 N–H and O–H groups in total. The molecular weight excluding hydrogens is 374 g/mol. The molecule has 126 valence electrons. The maximum Gasteiger partial charge on any atom is 0.259 e. The van der Waals surface area contributed by atoms with Crippen LogP contribution in [0.1, 0.15) is 11.1 Å². The van der Waals surface area contributed by atoms with E-state index in [9.17, 15) is 9.90 Å². The number of halogens is 1. The molecule has 2 rings (SSSR count). The van der Waals surface area contributed by atoms with Crippen molar-refractivity contribution in [3.8, 4) is 11.5 Å². The van der Waals surface area contributed by atoms with E-state index in [1.54, 1.807) is 6.07 Å². The Morgan fingerprint density at radius 1 is 1.33 bits per heavy atom. The standard InChI is InChI=1S/C17H18BrN3O3/c1-11-3-5-13(6-4-11)19-10-16(23)21-20-9-12-7-14(18)17(24-2)15(22)8-12/h3-9,19,22H,10H2,1-2H3,(H,21,23). The minimum absolute atomic E-state index is 0.0133. The van der Waals surface area contributed by atoms with Crippen molar-refractivity contribution in [2.75, 3.05) is 19.0 Å². The summed E-state index contributed by atoms with van der Waals surface area (Å²) in [4.78, 5) is 11.7. The van der Waals surface area contributed by atoms with Crippen molar-refractivity contribution in [1.29, 1.82) is 0 Å². The van der Waals surface area contributed by atoms with Gasteiger partial charge in [-0.2, -0.15) is 5.10 Å². The summed E-state index contributed by atoms with van der Waals surface area (Å²) in [6, 6.07) is 11.0. The summed E-state index contributed by atoms with van der Waals surface area (Å²) in [6.07, 6.45) is 1.44. The number of anilines is 1. The van der Waals surface area contributed by atoms with Crippen LogP contribution in [-0.4, -0.2) is 30.9 Å². The van der Waals surface area contributed by atoms with Crippen LogP contribution >= 0.6 is 15.9 Å². The molecule has 0 radical (unpaired) electrons. The van der Waals surface area contributed by atoms with E-state index in [0.29, 0.717) is 15.8 Å². The van der Waals surface area contributed by atoms with Gasteiger partial charge in [-0.05, 0) is 52.7 Å². The number of phenolic OH excluding ortho intramolecular Hbond substituents is 1. The van der Waals surface area contributed by atoms with E-state index >= 15 is 0 Å². The predicted octanol–water partition coefficient (Wildman–Crippen LogP) is 3.03. The van der Waals surface area contributed by atoms with Gasteiger partial charge in [0.2, 0.25) is 0 Å². The number of carbonyl (C=O) groups is 1. The third kappa shape index (κ3) is 4.99. The molecule has 0 aliphatic heterocycles. The Labute approximate surface area is 148 Å². The van der Waals surface area contributed by atoms with E-state index in [1.807, 2.05) is 31.2 Å². The molecule has 1 amide bonds. The molecule has 0 aliphatic carbocycles. The van der Waals surface area contributed by atoms with Gasteiger partial charge < -0.3 is 15.2 Å². The lowest BCUT2D eigenvalue weighted by molar-refractivity contribution is -0.119. The molecule has 0 unspecified atom stereocenters. The SMILES string of the molecule is COc1c(O)cc(C=NNC(=O)CNc2ccc(C)cc2)cc1Br. The second-order valence-electron chi connectivity index (χ2n) is 5.07. The number of ether oxygens (including phenoxy) is 1. The predicted molar refractivity (Wildman–Crippen MR) is 97.8 cm³/mol. The van der Waals surface area contributed by atoms with Gasteiger partial charge in [-0.1, -0.05) is 17.7 Å². The second-order valence-corrected chi connectivity index (χ2v) is 5.92. The number of nitrogens with one attached hydrogen (secondary N) is 2. The van der Waals surface area contributed by atoms with E-state index < -0.39 is 0 Å². The molecule has 0 saturated heterocycles. The highest BCUT2D eigenvalue weighted by atomic mass is 79.9. The average Bonchev–Trinajstić information content (AvgIpc) is 2.54. The lowest BCUT2D eigenvalue weighted by atomic mass is 10.2. The monoisotopic (exact) mass is 391 g/mol. The quantitative estimate of drug-likeness (QED) is 0.521. The van der Waals surface area contributed by atoms with Crippen LogP contribution in [0.25, 0.3) is 0 Å². The number of rotatable bonds is 6. The highest BCUT2D eigenvalue weighted by Crippen LogP contribution is 2.34. The lowest BCUT2D eigenvalue weighted by Gasteiger charge is -2.07. The van der Waals surface area contributed by atoms with Crippen molar-refractivity contribution in [1.82, 2.24) is 5.43 Å². The van der Waals surface area contributed by atoms with Gasteiger partial charge in [0, 0.05) is 5.69 Å². The molecule has 2 aromatic rings. The summed E-state index contributed by atoms with van der Waals surface area (Å²) in [5.41, 5.74) is 5.06. The first-order valence-corrected chi connectivity index (χ1v) is 7.98. The van der Waals surface area contributed by atoms with Crippen molar-refractivity contribution in [3.63, 3.8) is 0 Å². The van der Waals surface area contributed by atoms with Crippen LogP contribution in [-0.2, 0) is 4.79 Å². The maximum absolute atomic E-state index is 11.7. The lowest BCUT2D eigenvalue weighted by Crippen LogP contribution is -2.25. The third-order valence-corrected chi connectivity index (χ3v) is 3.75. The number of hydrazone groups is 1. The van der Waals surface area contributed by atoms with E-state index in [1.165, 1.54) is 19.4 Å². The number of methoxy groups -OCH3 is 1. The molecule has 0 spiro atoms. The molecule has 7 heteroatoms. The zero-order valence-electron chi connectivity index (χ0n) is 13.3. The van der Waals surface area contributed by atoms with Crippen molar-refractivity contribution in [3.05, 3.63) is 52.0 Å². The maximum atomic E-state index is 11.7. The first-order valence-electron chi connectivity index (χ1n) is 7.18. The van der Waals surface area contributed by atoms with E-state index in [2.05, 4.69) is 31.8 Å². The Morgan fingerprint density at radius 3 is 2.67 bits per heavy atom. The number of aryl methyl sites for hydroxylation is 1. The Balaban J connectivity index is 1.87. The summed E-state index contributed by atoms with van der Waals surface area (Å²) < 4.78 is 5.63. The van der Waals surface area contributed by atoms with Crippen LogP contribution in [0.3, 0.4) is 0 Å². The fourth-order valence-electron chi connectivity index (χ4n) is 1.95. The van der Waals surface area contributed by atoms with E-state index in [-0.39, 0.29) is 18.2 Å². The topological polar surface area (TPSA) is 83.0 Å². The third-order valence-electron chi connectivity index (χ3n) is 3.16. The average molecular weight is 392 g/mol. The number of amides is 1. The Kier molecular flexibility index (Phi) is 6.20. The van der Waals surface area contributed by atoms with Gasteiger partial charge in [0.05, 0.1) is 24.3 Å².